The second-order valence-corrected chi connectivity index (χ2v) is 5.91. The molecule has 0 aliphatic rings. The zero-order valence-electron chi connectivity index (χ0n) is 14.7. The van der Waals surface area contributed by atoms with Gasteiger partial charge in [-0.15, -0.1) is 0 Å². The van der Waals surface area contributed by atoms with Crippen LogP contribution in [-0.2, 0) is 6.54 Å². The molecule has 0 atom stereocenters. The van der Waals surface area contributed by atoms with E-state index in [9.17, 15) is 0 Å². The normalized spacial score (nSPS) is 10.4. The molecule has 2 N–H and O–H groups in total. The van der Waals surface area contributed by atoms with Gasteiger partial charge in [-0.2, -0.15) is 4.98 Å². The van der Waals surface area contributed by atoms with E-state index in [-0.39, 0.29) is 0 Å². The molecule has 0 unspecified atom stereocenters. The zero-order valence-corrected chi connectivity index (χ0v) is 14.7. The van der Waals surface area contributed by atoms with E-state index in [1.165, 1.54) is 5.56 Å². The lowest BCUT2D eigenvalue weighted by atomic mass is 10.2. The predicted octanol–water partition coefficient (Wildman–Crippen LogP) is 4.46. The molecule has 0 saturated heterocycles. The van der Waals surface area contributed by atoms with Crippen molar-refractivity contribution >= 4 is 17.5 Å². The summed E-state index contributed by atoms with van der Waals surface area (Å²) in [5.41, 5.74) is 4.27. The van der Waals surface area contributed by atoms with Gasteiger partial charge in [-0.3, -0.25) is 0 Å². The minimum atomic E-state index is 0.602. The number of anilines is 3. The third-order valence-electron chi connectivity index (χ3n) is 3.79. The SMILES string of the molecule is COc1ccc(CNc2nc(C)cc(Nc3ccc(C)cc3)n2)cc1. The Bertz CT molecular complexity index is 829. The Balaban J connectivity index is 1.69. The number of benzene rings is 2. The Hall–Kier alpha value is -3.08. The summed E-state index contributed by atoms with van der Waals surface area (Å²) in [6, 6.07) is 18.1. The number of nitrogens with zero attached hydrogens (tertiary/aromatic N) is 2. The van der Waals surface area contributed by atoms with Crippen LogP contribution in [0.1, 0.15) is 16.8 Å². The van der Waals surface area contributed by atoms with Crippen molar-refractivity contribution in [3.05, 3.63) is 71.4 Å². The molecule has 1 aromatic heterocycles. The largest absolute Gasteiger partial charge is 0.497 e. The lowest BCUT2D eigenvalue weighted by Gasteiger charge is -2.10. The topological polar surface area (TPSA) is 59.1 Å². The number of hydrogen-bond donors (Lipinski definition) is 2. The Morgan fingerprint density at radius 3 is 2.32 bits per heavy atom. The monoisotopic (exact) mass is 334 g/mol. The number of rotatable bonds is 6. The first-order valence-corrected chi connectivity index (χ1v) is 8.18. The van der Waals surface area contributed by atoms with E-state index < -0.39 is 0 Å². The Labute approximate surface area is 148 Å². The molecule has 0 amide bonds. The van der Waals surface area contributed by atoms with Gasteiger partial charge in [0.25, 0.3) is 0 Å². The highest BCUT2D eigenvalue weighted by Gasteiger charge is 2.03. The smallest absolute Gasteiger partial charge is 0.225 e. The average molecular weight is 334 g/mol. The van der Waals surface area contributed by atoms with Crippen LogP contribution < -0.4 is 15.4 Å². The number of ether oxygens (including phenoxy) is 1. The van der Waals surface area contributed by atoms with Gasteiger partial charge in [0.2, 0.25) is 5.95 Å². The average Bonchev–Trinajstić information content (AvgIpc) is 2.62. The summed E-state index contributed by atoms with van der Waals surface area (Å²) in [5, 5.41) is 6.59. The zero-order chi connectivity index (χ0) is 17.6. The van der Waals surface area contributed by atoms with Crippen molar-refractivity contribution in [3.63, 3.8) is 0 Å². The van der Waals surface area contributed by atoms with E-state index in [2.05, 4.69) is 39.7 Å². The molecular weight excluding hydrogens is 312 g/mol. The third kappa shape index (κ3) is 4.70. The van der Waals surface area contributed by atoms with E-state index >= 15 is 0 Å². The fraction of sp³-hybridized carbons (Fsp3) is 0.200. The lowest BCUT2D eigenvalue weighted by molar-refractivity contribution is 0.414. The highest BCUT2D eigenvalue weighted by atomic mass is 16.5. The molecule has 5 nitrogen and oxygen atoms in total. The summed E-state index contributed by atoms with van der Waals surface area (Å²) in [7, 11) is 1.66. The molecule has 2 aromatic carbocycles. The molecular formula is C20H22N4O. The van der Waals surface area contributed by atoms with E-state index in [1.807, 2.05) is 49.4 Å². The summed E-state index contributed by atoms with van der Waals surface area (Å²) in [5.74, 6) is 2.22. The number of hydrogen-bond acceptors (Lipinski definition) is 5. The second-order valence-electron chi connectivity index (χ2n) is 5.91. The molecule has 0 bridgehead atoms. The van der Waals surface area contributed by atoms with Crippen molar-refractivity contribution in [2.24, 2.45) is 0 Å². The standard InChI is InChI=1S/C20H22N4O/c1-14-4-8-17(9-5-14)23-19-12-15(2)22-20(24-19)21-13-16-6-10-18(25-3)11-7-16/h4-12H,13H2,1-3H3,(H2,21,22,23,24). The molecule has 3 aromatic rings. The Kier molecular flexibility index (Phi) is 5.14. The van der Waals surface area contributed by atoms with Crippen LogP contribution in [0.25, 0.3) is 0 Å². The van der Waals surface area contributed by atoms with Gasteiger partial charge in [0.05, 0.1) is 7.11 Å². The van der Waals surface area contributed by atoms with Crippen molar-refractivity contribution < 1.29 is 4.74 Å². The van der Waals surface area contributed by atoms with Crippen molar-refractivity contribution in [1.29, 1.82) is 0 Å². The molecule has 3 rings (SSSR count). The van der Waals surface area contributed by atoms with E-state index in [0.717, 1.165) is 28.5 Å². The maximum Gasteiger partial charge on any atom is 0.225 e. The predicted molar refractivity (Wildman–Crippen MR) is 102 cm³/mol. The first-order valence-electron chi connectivity index (χ1n) is 8.18. The number of aryl methyl sites for hydroxylation is 2. The van der Waals surface area contributed by atoms with E-state index in [1.54, 1.807) is 7.11 Å². The summed E-state index contributed by atoms with van der Waals surface area (Å²) < 4.78 is 5.17. The van der Waals surface area contributed by atoms with Gasteiger partial charge in [-0.25, -0.2) is 4.98 Å². The van der Waals surface area contributed by atoms with Crippen LogP contribution in [0.3, 0.4) is 0 Å². The number of nitrogens with one attached hydrogen (secondary N) is 2. The van der Waals surface area contributed by atoms with Crippen LogP contribution in [0.5, 0.6) is 5.75 Å². The van der Waals surface area contributed by atoms with Crippen molar-refractivity contribution in [3.8, 4) is 5.75 Å². The minimum absolute atomic E-state index is 0.602. The lowest BCUT2D eigenvalue weighted by Crippen LogP contribution is -2.06. The van der Waals surface area contributed by atoms with Crippen LogP contribution in [0.4, 0.5) is 17.5 Å². The van der Waals surface area contributed by atoms with Gasteiger partial charge in [0.15, 0.2) is 0 Å². The first-order chi connectivity index (χ1) is 12.1. The quantitative estimate of drug-likeness (QED) is 0.697. The maximum atomic E-state index is 5.17. The van der Waals surface area contributed by atoms with E-state index in [0.29, 0.717) is 12.5 Å². The molecule has 0 fully saturated rings. The molecule has 0 aliphatic heterocycles. The summed E-state index contributed by atoms with van der Waals surface area (Å²) in [6.45, 7) is 4.68. The fourth-order valence-corrected chi connectivity index (χ4v) is 2.42. The number of aromatic nitrogens is 2. The van der Waals surface area contributed by atoms with Gasteiger partial charge < -0.3 is 15.4 Å². The van der Waals surface area contributed by atoms with Crippen LogP contribution >= 0.6 is 0 Å². The van der Waals surface area contributed by atoms with Gasteiger partial charge in [-0.1, -0.05) is 29.8 Å². The summed E-state index contributed by atoms with van der Waals surface area (Å²) >= 11 is 0. The van der Waals surface area contributed by atoms with Gasteiger partial charge >= 0.3 is 0 Å². The fourth-order valence-electron chi connectivity index (χ4n) is 2.42. The van der Waals surface area contributed by atoms with Crippen molar-refractivity contribution in [2.45, 2.75) is 20.4 Å². The molecule has 1 heterocycles. The van der Waals surface area contributed by atoms with Crippen LogP contribution in [0, 0.1) is 13.8 Å². The van der Waals surface area contributed by atoms with Crippen molar-refractivity contribution in [1.82, 2.24) is 9.97 Å². The maximum absolute atomic E-state index is 5.17. The van der Waals surface area contributed by atoms with Crippen molar-refractivity contribution in [2.75, 3.05) is 17.7 Å². The third-order valence-corrected chi connectivity index (χ3v) is 3.79. The Morgan fingerprint density at radius 2 is 1.64 bits per heavy atom. The molecule has 25 heavy (non-hydrogen) atoms. The first kappa shape index (κ1) is 16.8. The van der Waals surface area contributed by atoms with Gasteiger partial charge in [0.1, 0.15) is 11.6 Å². The molecule has 5 heteroatoms. The second kappa shape index (κ2) is 7.66. The van der Waals surface area contributed by atoms with Crippen LogP contribution in [0.15, 0.2) is 54.6 Å². The molecule has 0 spiro atoms. The minimum Gasteiger partial charge on any atom is -0.497 e. The highest BCUT2D eigenvalue weighted by Crippen LogP contribution is 2.18. The molecule has 0 radical (unpaired) electrons. The highest BCUT2D eigenvalue weighted by molar-refractivity contribution is 5.57. The molecule has 0 saturated carbocycles. The van der Waals surface area contributed by atoms with Gasteiger partial charge in [0, 0.05) is 24.0 Å². The van der Waals surface area contributed by atoms with Crippen LogP contribution in [-0.4, -0.2) is 17.1 Å². The molecule has 0 aliphatic carbocycles. The number of methoxy groups -OCH3 is 1. The summed E-state index contributed by atoms with van der Waals surface area (Å²) in [4.78, 5) is 8.99. The van der Waals surface area contributed by atoms with Gasteiger partial charge in [-0.05, 0) is 43.7 Å². The summed E-state index contributed by atoms with van der Waals surface area (Å²) in [6.07, 6.45) is 0. The Morgan fingerprint density at radius 1 is 0.920 bits per heavy atom. The molecule has 128 valence electrons. The van der Waals surface area contributed by atoms with E-state index in [4.69, 9.17) is 4.74 Å². The van der Waals surface area contributed by atoms with Crippen LogP contribution in [0.2, 0.25) is 0 Å².